The van der Waals surface area contributed by atoms with Gasteiger partial charge in [-0.25, -0.2) is 4.98 Å². The molecule has 6 nitrogen and oxygen atoms in total. The second-order valence-corrected chi connectivity index (χ2v) is 5.28. The van der Waals surface area contributed by atoms with Crippen LogP contribution in [-0.2, 0) is 0 Å². The topological polar surface area (TPSA) is 76.5 Å². The van der Waals surface area contributed by atoms with E-state index >= 15 is 0 Å². The van der Waals surface area contributed by atoms with Crippen LogP contribution in [0.15, 0.2) is 16.9 Å². The van der Waals surface area contributed by atoms with Crippen LogP contribution in [0.25, 0.3) is 5.65 Å². The molecular weight excluding hydrogens is 254 g/mol. The Bertz CT molecular complexity index is 686. The smallest absolute Gasteiger partial charge is 0.297 e. The predicted octanol–water partition coefficient (Wildman–Crippen LogP) is 1.36. The number of nitrogen functional groups attached to an aromatic ring is 1. The van der Waals surface area contributed by atoms with E-state index in [9.17, 15) is 4.79 Å². The van der Waals surface area contributed by atoms with Gasteiger partial charge in [0.05, 0.1) is 5.69 Å². The van der Waals surface area contributed by atoms with Gasteiger partial charge in [-0.3, -0.25) is 4.79 Å². The summed E-state index contributed by atoms with van der Waals surface area (Å²) in [6.07, 6.45) is 4.86. The van der Waals surface area contributed by atoms with E-state index < -0.39 is 0 Å². The van der Waals surface area contributed by atoms with Crippen molar-refractivity contribution in [2.45, 2.75) is 32.6 Å². The van der Waals surface area contributed by atoms with Gasteiger partial charge in [-0.1, -0.05) is 12.8 Å². The van der Waals surface area contributed by atoms with Crippen LogP contribution in [-0.4, -0.2) is 27.7 Å². The summed E-state index contributed by atoms with van der Waals surface area (Å²) in [7, 11) is 0. The fourth-order valence-electron chi connectivity index (χ4n) is 2.61. The molecule has 1 fully saturated rings. The van der Waals surface area contributed by atoms with Crippen LogP contribution in [0.1, 0.15) is 31.4 Å². The lowest BCUT2D eigenvalue weighted by Gasteiger charge is -2.21. The lowest BCUT2D eigenvalue weighted by Crippen LogP contribution is -2.28. The number of anilines is 2. The molecule has 1 aliphatic rings. The standard InChI is InChI=1S/C14H19N5O/c1-10-13(15)14(20)19-11(16-10)6-7-12(17-19)18-8-4-2-3-5-9-18/h6-7H,2-5,8-9,15H2,1H3. The molecule has 1 saturated heterocycles. The van der Waals surface area contributed by atoms with Crippen molar-refractivity contribution in [1.82, 2.24) is 14.6 Å². The molecule has 0 amide bonds. The minimum atomic E-state index is -0.288. The van der Waals surface area contributed by atoms with Gasteiger partial charge in [-0.05, 0) is 31.9 Å². The molecule has 20 heavy (non-hydrogen) atoms. The molecule has 2 N–H and O–H groups in total. The van der Waals surface area contributed by atoms with Gasteiger partial charge in [0.15, 0.2) is 5.65 Å². The van der Waals surface area contributed by atoms with Crippen molar-refractivity contribution in [3.63, 3.8) is 0 Å². The van der Waals surface area contributed by atoms with Crippen molar-refractivity contribution in [3.8, 4) is 0 Å². The van der Waals surface area contributed by atoms with Crippen LogP contribution in [0.4, 0.5) is 11.5 Å². The number of hydrogen-bond acceptors (Lipinski definition) is 5. The zero-order chi connectivity index (χ0) is 14.1. The van der Waals surface area contributed by atoms with E-state index in [1.165, 1.54) is 30.2 Å². The van der Waals surface area contributed by atoms with Crippen LogP contribution in [0.5, 0.6) is 0 Å². The molecule has 0 atom stereocenters. The number of hydrogen-bond donors (Lipinski definition) is 1. The fourth-order valence-corrected chi connectivity index (χ4v) is 2.61. The van der Waals surface area contributed by atoms with Crippen molar-refractivity contribution in [3.05, 3.63) is 28.2 Å². The average Bonchev–Trinajstić information content (AvgIpc) is 2.74. The van der Waals surface area contributed by atoms with E-state index in [-0.39, 0.29) is 11.2 Å². The van der Waals surface area contributed by atoms with Crippen molar-refractivity contribution in [1.29, 1.82) is 0 Å². The minimum Gasteiger partial charge on any atom is -0.393 e. The van der Waals surface area contributed by atoms with Crippen molar-refractivity contribution >= 4 is 17.2 Å². The van der Waals surface area contributed by atoms with Crippen LogP contribution in [0.3, 0.4) is 0 Å². The second-order valence-electron chi connectivity index (χ2n) is 5.28. The Morgan fingerprint density at radius 1 is 1.15 bits per heavy atom. The lowest BCUT2D eigenvalue weighted by molar-refractivity contribution is 0.726. The third kappa shape index (κ3) is 2.21. The maximum absolute atomic E-state index is 12.2. The third-order valence-electron chi connectivity index (χ3n) is 3.83. The molecule has 6 heteroatoms. The first-order valence-electron chi connectivity index (χ1n) is 7.08. The van der Waals surface area contributed by atoms with E-state index in [2.05, 4.69) is 15.0 Å². The molecule has 0 unspecified atom stereocenters. The average molecular weight is 273 g/mol. The van der Waals surface area contributed by atoms with Crippen molar-refractivity contribution < 1.29 is 0 Å². The van der Waals surface area contributed by atoms with Crippen LogP contribution in [0.2, 0.25) is 0 Å². The van der Waals surface area contributed by atoms with Gasteiger partial charge < -0.3 is 10.6 Å². The molecule has 0 saturated carbocycles. The monoisotopic (exact) mass is 273 g/mol. The van der Waals surface area contributed by atoms with E-state index in [0.717, 1.165) is 18.9 Å². The van der Waals surface area contributed by atoms with Gasteiger partial charge in [0.1, 0.15) is 11.5 Å². The summed E-state index contributed by atoms with van der Waals surface area (Å²) < 4.78 is 1.31. The second kappa shape index (κ2) is 5.11. The molecule has 3 rings (SSSR count). The van der Waals surface area contributed by atoms with Gasteiger partial charge >= 0.3 is 0 Å². The maximum Gasteiger partial charge on any atom is 0.297 e. The molecule has 0 aromatic carbocycles. The SMILES string of the molecule is Cc1nc2ccc(N3CCCCCC3)nn2c(=O)c1N. The summed E-state index contributed by atoms with van der Waals surface area (Å²) in [5.74, 6) is 0.826. The quantitative estimate of drug-likeness (QED) is 0.849. The van der Waals surface area contributed by atoms with E-state index in [1.54, 1.807) is 6.92 Å². The van der Waals surface area contributed by atoms with Gasteiger partial charge in [0.2, 0.25) is 0 Å². The highest BCUT2D eigenvalue weighted by atomic mass is 16.1. The number of fused-ring (bicyclic) bond motifs is 1. The molecule has 0 bridgehead atoms. The molecule has 0 radical (unpaired) electrons. The molecule has 106 valence electrons. The molecule has 0 aliphatic carbocycles. The van der Waals surface area contributed by atoms with Gasteiger partial charge in [-0.15, -0.1) is 5.10 Å². The fraction of sp³-hybridized carbons (Fsp3) is 0.500. The Hall–Kier alpha value is -2.11. The van der Waals surface area contributed by atoms with Crippen LogP contribution < -0.4 is 16.2 Å². The van der Waals surface area contributed by atoms with E-state index in [1.807, 2.05) is 12.1 Å². The molecule has 0 spiro atoms. The van der Waals surface area contributed by atoms with Crippen molar-refractivity contribution in [2.75, 3.05) is 23.7 Å². The first-order chi connectivity index (χ1) is 9.66. The lowest BCUT2D eigenvalue weighted by atomic mass is 10.2. The summed E-state index contributed by atoms with van der Waals surface area (Å²) in [4.78, 5) is 18.7. The molecular formula is C14H19N5O. The van der Waals surface area contributed by atoms with E-state index in [4.69, 9.17) is 5.73 Å². The van der Waals surface area contributed by atoms with Crippen LogP contribution >= 0.6 is 0 Å². The Kier molecular flexibility index (Phi) is 3.30. The Balaban J connectivity index is 2.08. The summed E-state index contributed by atoms with van der Waals surface area (Å²) in [5, 5.41) is 4.43. The number of nitrogens with two attached hydrogens (primary N) is 1. The largest absolute Gasteiger partial charge is 0.393 e. The maximum atomic E-state index is 12.2. The van der Waals surface area contributed by atoms with E-state index in [0.29, 0.717) is 11.3 Å². The zero-order valence-corrected chi connectivity index (χ0v) is 11.7. The Morgan fingerprint density at radius 3 is 2.55 bits per heavy atom. The number of rotatable bonds is 1. The summed E-state index contributed by atoms with van der Waals surface area (Å²) >= 11 is 0. The van der Waals surface area contributed by atoms with Crippen molar-refractivity contribution in [2.24, 2.45) is 0 Å². The normalized spacial score (nSPS) is 16.4. The minimum absolute atomic E-state index is 0.169. The van der Waals surface area contributed by atoms with Gasteiger partial charge in [0.25, 0.3) is 5.56 Å². The highest BCUT2D eigenvalue weighted by Gasteiger charge is 2.13. The number of nitrogens with zero attached hydrogens (tertiary/aromatic N) is 4. The Morgan fingerprint density at radius 2 is 1.85 bits per heavy atom. The summed E-state index contributed by atoms with van der Waals surface area (Å²) in [6, 6.07) is 3.77. The Labute approximate surface area is 117 Å². The molecule has 1 aliphatic heterocycles. The summed E-state index contributed by atoms with van der Waals surface area (Å²) in [6.45, 7) is 3.71. The zero-order valence-electron chi connectivity index (χ0n) is 11.7. The third-order valence-corrected chi connectivity index (χ3v) is 3.83. The first kappa shape index (κ1) is 12.9. The van der Waals surface area contributed by atoms with Crippen LogP contribution in [0, 0.1) is 6.92 Å². The number of aryl methyl sites for hydroxylation is 1. The highest BCUT2D eigenvalue weighted by molar-refractivity contribution is 5.51. The van der Waals surface area contributed by atoms with Gasteiger partial charge in [0, 0.05) is 13.1 Å². The van der Waals surface area contributed by atoms with Gasteiger partial charge in [-0.2, -0.15) is 4.52 Å². The highest BCUT2D eigenvalue weighted by Crippen LogP contribution is 2.17. The molecule has 3 heterocycles. The molecule has 2 aromatic rings. The summed E-state index contributed by atoms with van der Waals surface area (Å²) in [5.41, 5.74) is 6.73. The first-order valence-corrected chi connectivity index (χ1v) is 7.08. The number of aromatic nitrogens is 3. The molecule has 2 aromatic heterocycles. The predicted molar refractivity (Wildman–Crippen MR) is 79.1 cm³/mol.